The minimum absolute atomic E-state index is 0.208. The summed E-state index contributed by atoms with van der Waals surface area (Å²) in [5, 5.41) is 17.3. The molecule has 1 fully saturated rings. The second kappa shape index (κ2) is 7.79. The molecule has 0 saturated heterocycles. The molecule has 3 N–H and O–H groups in total. The molecule has 164 valence electrons. The van der Waals surface area contributed by atoms with Gasteiger partial charge in [-0.2, -0.15) is 13.9 Å². The second-order valence-electron chi connectivity index (χ2n) is 8.00. The van der Waals surface area contributed by atoms with Gasteiger partial charge in [0.25, 0.3) is 5.91 Å². The van der Waals surface area contributed by atoms with Gasteiger partial charge in [0.2, 0.25) is 0 Å². The summed E-state index contributed by atoms with van der Waals surface area (Å²) in [4.78, 5) is 24.4. The summed E-state index contributed by atoms with van der Waals surface area (Å²) in [5.74, 6) is -0.346. The predicted octanol–water partition coefficient (Wildman–Crippen LogP) is 3.53. The predicted molar refractivity (Wildman–Crippen MR) is 113 cm³/mol. The first-order valence-corrected chi connectivity index (χ1v) is 10.2. The molecule has 1 aliphatic rings. The number of aromatic amines is 1. The van der Waals surface area contributed by atoms with Crippen LogP contribution in [0, 0.1) is 0 Å². The Morgan fingerprint density at radius 2 is 2.09 bits per heavy atom. The number of carbonyl (C=O) groups is 1. The van der Waals surface area contributed by atoms with Crippen molar-refractivity contribution in [1.29, 1.82) is 0 Å². The van der Waals surface area contributed by atoms with Crippen molar-refractivity contribution < 1.29 is 18.7 Å². The zero-order valence-electron chi connectivity index (χ0n) is 16.9. The van der Waals surface area contributed by atoms with Crippen LogP contribution in [0.15, 0.2) is 48.9 Å². The monoisotopic (exact) mass is 438 g/mol. The molecular weight excluding hydrogens is 418 g/mol. The van der Waals surface area contributed by atoms with Crippen molar-refractivity contribution in [3.8, 4) is 22.5 Å². The normalized spacial score (nSPS) is 15.1. The Morgan fingerprint density at radius 1 is 1.25 bits per heavy atom. The summed E-state index contributed by atoms with van der Waals surface area (Å²) in [6, 6.07) is 8.79. The molecule has 1 amide bonds. The third-order valence-electron chi connectivity index (χ3n) is 5.72. The van der Waals surface area contributed by atoms with Crippen molar-refractivity contribution >= 4 is 16.9 Å². The smallest absolute Gasteiger partial charge is 0.333 e. The van der Waals surface area contributed by atoms with Crippen LogP contribution in [0.5, 0.6) is 0 Å². The Labute approximate surface area is 181 Å². The number of carbonyl (C=O) groups excluding carboxylic acids is 1. The van der Waals surface area contributed by atoms with Crippen molar-refractivity contribution in [2.75, 3.05) is 6.54 Å². The number of halogens is 2. The van der Waals surface area contributed by atoms with Gasteiger partial charge in [0, 0.05) is 35.5 Å². The van der Waals surface area contributed by atoms with Crippen molar-refractivity contribution in [3.63, 3.8) is 0 Å². The lowest BCUT2D eigenvalue weighted by molar-refractivity contribution is -0.0300. The van der Waals surface area contributed by atoms with Gasteiger partial charge in [-0.3, -0.25) is 4.79 Å². The lowest BCUT2D eigenvalue weighted by Crippen LogP contribution is -2.47. The first-order chi connectivity index (χ1) is 15.4. The van der Waals surface area contributed by atoms with E-state index in [9.17, 15) is 18.7 Å². The Morgan fingerprint density at radius 3 is 2.81 bits per heavy atom. The van der Waals surface area contributed by atoms with E-state index in [4.69, 9.17) is 0 Å². The number of hydrogen-bond acceptors (Lipinski definition) is 5. The molecule has 0 spiro atoms. The Hall–Kier alpha value is -3.66. The minimum Gasteiger partial charge on any atom is -0.388 e. The van der Waals surface area contributed by atoms with E-state index in [0.29, 0.717) is 45.7 Å². The summed E-state index contributed by atoms with van der Waals surface area (Å²) in [5.41, 5.74) is 2.46. The van der Waals surface area contributed by atoms with Gasteiger partial charge < -0.3 is 15.4 Å². The maximum absolute atomic E-state index is 12.8. The molecule has 0 unspecified atom stereocenters. The molecule has 0 aromatic carbocycles. The molecule has 1 aliphatic carbocycles. The number of fused-ring (bicyclic) bond motifs is 1. The molecule has 1 saturated carbocycles. The van der Waals surface area contributed by atoms with E-state index in [-0.39, 0.29) is 18.1 Å². The van der Waals surface area contributed by atoms with Crippen LogP contribution in [0.3, 0.4) is 0 Å². The molecule has 0 radical (unpaired) electrons. The number of nitrogens with one attached hydrogen (secondary N) is 2. The third-order valence-corrected chi connectivity index (χ3v) is 5.72. The van der Waals surface area contributed by atoms with Gasteiger partial charge in [0.15, 0.2) is 0 Å². The molecule has 8 nitrogen and oxygen atoms in total. The van der Waals surface area contributed by atoms with Crippen molar-refractivity contribution in [3.05, 3.63) is 54.6 Å². The average molecular weight is 438 g/mol. The summed E-state index contributed by atoms with van der Waals surface area (Å²) >= 11 is 0. The number of nitrogens with zero attached hydrogens (tertiary/aromatic N) is 4. The molecule has 4 aromatic heterocycles. The van der Waals surface area contributed by atoms with Crippen LogP contribution >= 0.6 is 0 Å². The number of hydrogen-bond donors (Lipinski definition) is 3. The van der Waals surface area contributed by atoms with Crippen LogP contribution < -0.4 is 5.32 Å². The van der Waals surface area contributed by atoms with Crippen LogP contribution in [0.4, 0.5) is 8.78 Å². The fourth-order valence-electron chi connectivity index (χ4n) is 3.71. The molecule has 5 rings (SSSR count). The lowest BCUT2D eigenvalue weighted by Gasteiger charge is -2.36. The zero-order valence-corrected chi connectivity index (χ0v) is 16.9. The number of rotatable bonds is 6. The van der Waals surface area contributed by atoms with Gasteiger partial charge in [-0.15, -0.1) is 0 Å². The van der Waals surface area contributed by atoms with Crippen molar-refractivity contribution in [2.24, 2.45) is 0 Å². The number of H-pyrrole nitrogens is 1. The highest BCUT2D eigenvalue weighted by Crippen LogP contribution is 2.31. The van der Waals surface area contributed by atoms with Gasteiger partial charge in [-0.1, -0.05) is 6.07 Å². The number of pyridine rings is 2. The third kappa shape index (κ3) is 3.84. The minimum atomic E-state index is -2.70. The molecule has 4 heterocycles. The quantitative estimate of drug-likeness (QED) is 0.427. The number of alkyl halides is 2. The van der Waals surface area contributed by atoms with Gasteiger partial charge >= 0.3 is 6.55 Å². The first kappa shape index (κ1) is 20.3. The van der Waals surface area contributed by atoms with E-state index in [0.717, 1.165) is 11.8 Å². The number of aromatic nitrogens is 5. The van der Waals surface area contributed by atoms with E-state index in [2.05, 4.69) is 25.4 Å². The topological polar surface area (TPSA) is 109 Å². The van der Waals surface area contributed by atoms with E-state index in [1.165, 1.54) is 12.4 Å². The van der Waals surface area contributed by atoms with Crippen LogP contribution in [-0.2, 0) is 0 Å². The van der Waals surface area contributed by atoms with Crippen molar-refractivity contribution in [2.45, 2.75) is 31.4 Å². The van der Waals surface area contributed by atoms with Gasteiger partial charge in [0.05, 0.1) is 23.2 Å². The average Bonchev–Trinajstić information content (AvgIpc) is 3.43. The van der Waals surface area contributed by atoms with Crippen LogP contribution in [-0.4, -0.2) is 47.9 Å². The largest absolute Gasteiger partial charge is 0.388 e. The summed E-state index contributed by atoms with van der Waals surface area (Å²) < 4.78 is 26.2. The zero-order chi connectivity index (χ0) is 22.3. The van der Waals surface area contributed by atoms with Crippen LogP contribution in [0.25, 0.3) is 33.5 Å². The molecule has 0 aliphatic heterocycles. The number of amides is 1. The first-order valence-electron chi connectivity index (χ1n) is 10.2. The molecule has 4 aromatic rings. The summed E-state index contributed by atoms with van der Waals surface area (Å²) in [7, 11) is 0. The van der Waals surface area contributed by atoms with E-state index >= 15 is 0 Å². The lowest BCUT2D eigenvalue weighted by atomic mass is 9.80. The SMILES string of the molecule is O=C(NCC1(O)CCC1)c1cccc(-c2cnc3[nH]c(-c4cnn(C(F)F)c4)cc3c2)n1. The fourth-order valence-corrected chi connectivity index (χ4v) is 3.71. The van der Waals surface area contributed by atoms with E-state index < -0.39 is 12.2 Å². The van der Waals surface area contributed by atoms with E-state index in [1.54, 1.807) is 30.5 Å². The molecule has 0 atom stereocenters. The highest BCUT2D eigenvalue weighted by molar-refractivity contribution is 5.93. The van der Waals surface area contributed by atoms with Crippen LogP contribution in [0.1, 0.15) is 36.3 Å². The molecule has 32 heavy (non-hydrogen) atoms. The Bertz CT molecular complexity index is 1290. The summed E-state index contributed by atoms with van der Waals surface area (Å²) in [6.07, 6.45) is 6.60. The van der Waals surface area contributed by atoms with Gasteiger partial charge in [-0.05, 0) is 43.5 Å². The Kier molecular flexibility index (Phi) is 4.93. The Balaban J connectivity index is 1.38. The fraction of sp³-hybridized carbons (Fsp3) is 0.273. The second-order valence-corrected chi connectivity index (χ2v) is 8.00. The van der Waals surface area contributed by atoms with Gasteiger partial charge in [0.1, 0.15) is 11.3 Å². The molecule has 10 heteroatoms. The standard InChI is InChI=1S/C22H20F2N6O2/c23-21(24)30-11-15(10-27-30)18-8-13-7-14(9-25-19(13)29-18)16-3-1-4-17(28-16)20(31)26-12-22(32)5-2-6-22/h1,3-4,7-11,21,32H,2,5-6,12H2,(H,25,29)(H,26,31). The maximum Gasteiger partial charge on any atom is 0.333 e. The van der Waals surface area contributed by atoms with Crippen molar-refractivity contribution in [1.82, 2.24) is 30.0 Å². The molecular formula is C22H20F2N6O2. The molecule has 0 bridgehead atoms. The highest BCUT2D eigenvalue weighted by Gasteiger charge is 2.34. The highest BCUT2D eigenvalue weighted by atomic mass is 19.3. The number of aliphatic hydroxyl groups is 1. The van der Waals surface area contributed by atoms with E-state index in [1.807, 2.05) is 6.07 Å². The maximum atomic E-state index is 12.8. The van der Waals surface area contributed by atoms with Crippen LogP contribution in [0.2, 0.25) is 0 Å². The van der Waals surface area contributed by atoms with Gasteiger partial charge in [-0.25, -0.2) is 14.6 Å². The summed E-state index contributed by atoms with van der Waals surface area (Å²) in [6.45, 7) is -2.50.